The Labute approximate surface area is 96.3 Å². The van der Waals surface area contributed by atoms with Gasteiger partial charge in [0.2, 0.25) is 0 Å². The Bertz CT molecular complexity index is 195. The molecule has 2 atom stereocenters. The van der Waals surface area contributed by atoms with Gasteiger partial charge in [0.1, 0.15) is 0 Å². The van der Waals surface area contributed by atoms with Crippen LogP contribution in [0, 0.1) is 0 Å². The number of methoxy groups -OCH3 is 1. The van der Waals surface area contributed by atoms with E-state index in [0.29, 0.717) is 6.04 Å². The first kappa shape index (κ1) is 11.7. The van der Waals surface area contributed by atoms with Gasteiger partial charge in [-0.15, -0.1) is 0 Å². The number of ether oxygens (including phenoxy) is 2. The van der Waals surface area contributed by atoms with Crippen molar-refractivity contribution >= 4 is 11.8 Å². The fourth-order valence-corrected chi connectivity index (χ4v) is 3.81. The average Bonchev–Trinajstić information content (AvgIpc) is 2.67. The molecule has 3 nitrogen and oxygen atoms in total. The van der Waals surface area contributed by atoms with Crippen molar-refractivity contribution in [3.63, 3.8) is 0 Å². The van der Waals surface area contributed by atoms with Crippen molar-refractivity contribution in [1.82, 2.24) is 5.32 Å². The molecule has 1 N–H and O–H groups in total. The molecular formula is C11H21NO2S. The van der Waals surface area contributed by atoms with Crippen LogP contribution in [0.2, 0.25) is 0 Å². The molecule has 4 heteroatoms. The summed E-state index contributed by atoms with van der Waals surface area (Å²) in [6, 6.07) is 0.632. The van der Waals surface area contributed by atoms with Gasteiger partial charge in [0.05, 0.1) is 12.2 Å². The van der Waals surface area contributed by atoms with E-state index in [0.717, 1.165) is 26.2 Å². The number of thioether (sulfide) groups is 1. The van der Waals surface area contributed by atoms with E-state index in [1.54, 1.807) is 7.11 Å². The first-order valence-corrected chi connectivity index (χ1v) is 6.94. The Morgan fingerprint density at radius 3 is 3.27 bits per heavy atom. The number of hydrogen-bond donors (Lipinski definition) is 1. The summed E-state index contributed by atoms with van der Waals surface area (Å²) in [6.07, 6.45) is 3.57. The third-order valence-corrected chi connectivity index (χ3v) is 4.52. The predicted octanol–water partition coefficient (Wildman–Crippen LogP) is 1.28. The Morgan fingerprint density at radius 2 is 2.53 bits per heavy atom. The van der Waals surface area contributed by atoms with Gasteiger partial charge in [-0.25, -0.2) is 0 Å². The van der Waals surface area contributed by atoms with Crippen LogP contribution in [-0.4, -0.2) is 50.0 Å². The highest BCUT2D eigenvalue weighted by atomic mass is 32.2. The van der Waals surface area contributed by atoms with Gasteiger partial charge in [-0.05, 0) is 25.0 Å². The third kappa shape index (κ3) is 3.09. The second kappa shape index (κ2) is 5.53. The quantitative estimate of drug-likeness (QED) is 0.738. The summed E-state index contributed by atoms with van der Waals surface area (Å²) >= 11 is 2.03. The molecule has 2 unspecified atom stereocenters. The highest BCUT2D eigenvalue weighted by molar-refractivity contribution is 7.99. The van der Waals surface area contributed by atoms with Gasteiger partial charge in [-0.1, -0.05) is 0 Å². The lowest BCUT2D eigenvalue weighted by Crippen LogP contribution is -2.47. The van der Waals surface area contributed by atoms with Crippen molar-refractivity contribution < 1.29 is 9.47 Å². The van der Waals surface area contributed by atoms with Crippen LogP contribution in [0.25, 0.3) is 0 Å². The van der Waals surface area contributed by atoms with Gasteiger partial charge in [0.15, 0.2) is 0 Å². The van der Waals surface area contributed by atoms with Crippen LogP contribution < -0.4 is 5.32 Å². The maximum absolute atomic E-state index is 5.97. The molecule has 0 amide bonds. The van der Waals surface area contributed by atoms with Crippen LogP contribution in [0.4, 0.5) is 0 Å². The van der Waals surface area contributed by atoms with E-state index in [-0.39, 0.29) is 5.60 Å². The van der Waals surface area contributed by atoms with Crippen molar-refractivity contribution in [2.75, 3.05) is 38.4 Å². The van der Waals surface area contributed by atoms with Crippen molar-refractivity contribution in [3.05, 3.63) is 0 Å². The van der Waals surface area contributed by atoms with Gasteiger partial charge < -0.3 is 14.8 Å². The van der Waals surface area contributed by atoms with Gasteiger partial charge in [0.25, 0.3) is 0 Å². The molecule has 88 valence electrons. The number of rotatable bonds is 4. The SMILES string of the molecule is COCCNC1CCOC2(CCSC2)C1. The minimum absolute atomic E-state index is 0.202. The van der Waals surface area contributed by atoms with E-state index in [1.807, 2.05) is 11.8 Å². The molecule has 2 aliphatic heterocycles. The summed E-state index contributed by atoms with van der Waals surface area (Å²) in [5.41, 5.74) is 0.202. The van der Waals surface area contributed by atoms with Crippen molar-refractivity contribution in [1.29, 1.82) is 0 Å². The maximum atomic E-state index is 5.97. The molecule has 0 aromatic carbocycles. The molecule has 0 aliphatic carbocycles. The van der Waals surface area contributed by atoms with Gasteiger partial charge in [0, 0.05) is 32.1 Å². The summed E-state index contributed by atoms with van der Waals surface area (Å²) in [7, 11) is 1.75. The molecule has 0 radical (unpaired) electrons. The van der Waals surface area contributed by atoms with Crippen LogP contribution in [0.3, 0.4) is 0 Å². The zero-order valence-electron chi connectivity index (χ0n) is 9.46. The van der Waals surface area contributed by atoms with E-state index in [9.17, 15) is 0 Å². The molecule has 2 saturated heterocycles. The first-order chi connectivity index (χ1) is 7.35. The molecule has 2 fully saturated rings. The van der Waals surface area contributed by atoms with Crippen molar-refractivity contribution in [2.45, 2.75) is 30.9 Å². The summed E-state index contributed by atoms with van der Waals surface area (Å²) in [4.78, 5) is 0. The molecule has 0 bridgehead atoms. The molecule has 2 heterocycles. The monoisotopic (exact) mass is 231 g/mol. The average molecular weight is 231 g/mol. The molecular weight excluding hydrogens is 210 g/mol. The van der Waals surface area contributed by atoms with Gasteiger partial charge in [-0.2, -0.15) is 11.8 Å². The van der Waals surface area contributed by atoms with Crippen molar-refractivity contribution in [2.24, 2.45) is 0 Å². The van der Waals surface area contributed by atoms with Crippen LogP contribution >= 0.6 is 11.8 Å². The Hall–Kier alpha value is 0.230. The Morgan fingerprint density at radius 1 is 1.60 bits per heavy atom. The first-order valence-electron chi connectivity index (χ1n) is 5.79. The topological polar surface area (TPSA) is 30.5 Å². The molecule has 0 aromatic heterocycles. The summed E-state index contributed by atoms with van der Waals surface area (Å²) in [5, 5.41) is 3.56. The zero-order valence-corrected chi connectivity index (χ0v) is 10.3. The minimum atomic E-state index is 0.202. The largest absolute Gasteiger partial charge is 0.383 e. The van der Waals surface area contributed by atoms with Crippen LogP contribution in [-0.2, 0) is 9.47 Å². The highest BCUT2D eigenvalue weighted by Crippen LogP contribution is 2.38. The fourth-order valence-electron chi connectivity index (χ4n) is 2.43. The van der Waals surface area contributed by atoms with Crippen LogP contribution in [0.15, 0.2) is 0 Å². The maximum Gasteiger partial charge on any atom is 0.0795 e. The van der Waals surface area contributed by atoms with E-state index in [2.05, 4.69) is 5.32 Å². The molecule has 2 aliphatic rings. The zero-order chi connectivity index (χ0) is 10.6. The van der Waals surface area contributed by atoms with E-state index in [1.165, 1.54) is 24.3 Å². The van der Waals surface area contributed by atoms with E-state index >= 15 is 0 Å². The fraction of sp³-hybridized carbons (Fsp3) is 1.00. The molecule has 1 spiro atoms. The molecule has 0 saturated carbocycles. The third-order valence-electron chi connectivity index (χ3n) is 3.30. The lowest BCUT2D eigenvalue weighted by Gasteiger charge is -2.38. The summed E-state index contributed by atoms with van der Waals surface area (Å²) in [5.74, 6) is 2.46. The standard InChI is InChI=1S/C11H21NO2S/c1-13-6-4-12-10-2-5-14-11(8-10)3-7-15-9-11/h10,12H,2-9H2,1H3. The smallest absolute Gasteiger partial charge is 0.0795 e. The van der Waals surface area contributed by atoms with E-state index < -0.39 is 0 Å². The van der Waals surface area contributed by atoms with Gasteiger partial charge >= 0.3 is 0 Å². The van der Waals surface area contributed by atoms with Crippen LogP contribution in [0.1, 0.15) is 19.3 Å². The van der Waals surface area contributed by atoms with Crippen molar-refractivity contribution in [3.8, 4) is 0 Å². The predicted molar refractivity (Wildman–Crippen MR) is 63.5 cm³/mol. The minimum Gasteiger partial charge on any atom is -0.383 e. The molecule has 2 rings (SSSR count). The van der Waals surface area contributed by atoms with E-state index in [4.69, 9.17) is 9.47 Å². The van der Waals surface area contributed by atoms with Gasteiger partial charge in [-0.3, -0.25) is 0 Å². The highest BCUT2D eigenvalue weighted by Gasteiger charge is 2.40. The Balaban J connectivity index is 1.76. The number of nitrogens with one attached hydrogen (secondary N) is 1. The molecule has 15 heavy (non-hydrogen) atoms. The number of hydrogen-bond acceptors (Lipinski definition) is 4. The lowest BCUT2D eigenvalue weighted by atomic mass is 9.90. The summed E-state index contributed by atoms with van der Waals surface area (Å²) in [6.45, 7) is 2.69. The second-order valence-corrected chi connectivity index (χ2v) is 5.58. The lowest BCUT2D eigenvalue weighted by molar-refractivity contribution is -0.0704. The Kier molecular flexibility index (Phi) is 4.31. The summed E-state index contributed by atoms with van der Waals surface area (Å²) < 4.78 is 11.0. The molecule has 0 aromatic rings. The normalized spacial score (nSPS) is 36.2. The van der Waals surface area contributed by atoms with Crippen LogP contribution in [0.5, 0.6) is 0 Å². The second-order valence-electron chi connectivity index (χ2n) is 4.47.